The number of hydrogen-bond donors (Lipinski definition) is 0. The molecule has 0 aliphatic heterocycles. The molecule has 9 rings (SSSR count). The van der Waals surface area contributed by atoms with E-state index in [2.05, 4.69) is 190 Å². The molecule has 2 aliphatic rings. The fraction of sp³-hybridized carbons (Fsp3) is 0.309. The van der Waals surface area contributed by atoms with Crippen molar-refractivity contribution in [2.45, 2.75) is 125 Å². The zero-order valence-corrected chi connectivity index (χ0v) is 51.6. The van der Waals surface area contributed by atoms with Crippen LogP contribution in [0.5, 0.6) is 0 Å². The third-order valence-electron chi connectivity index (χ3n) is 15.3. The summed E-state index contributed by atoms with van der Waals surface area (Å²) in [6.07, 6.45) is 22.7. The first-order valence-corrected chi connectivity index (χ1v) is 33.8. The van der Waals surface area contributed by atoms with Crippen LogP contribution in [0.1, 0.15) is 164 Å². The second kappa shape index (κ2) is 26.2. The summed E-state index contributed by atoms with van der Waals surface area (Å²) in [7, 11) is -2.54. The van der Waals surface area contributed by atoms with Crippen molar-refractivity contribution < 1.29 is 27.5 Å². The van der Waals surface area contributed by atoms with E-state index in [9.17, 15) is 0 Å². The van der Waals surface area contributed by atoms with Gasteiger partial charge in [0.1, 0.15) is 0 Å². The summed E-state index contributed by atoms with van der Waals surface area (Å²) in [5.41, 5.74) is 6.27. The fourth-order valence-corrected chi connectivity index (χ4v) is 21.9. The molecule has 2 aliphatic carbocycles. The van der Waals surface area contributed by atoms with Crippen molar-refractivity contribution in [3.8, 4) is 35.7 Å². The third-order valence-corrected chi connectivity index (χ3v) is 25.5. The maximum atomic E-state index is 15.8. The molecule has 2 nitrogen and oxygen atoms in total. The molecular formula is C68H69O2OsPS4+. The zero-order valence-electron chi connectivity index (χ0n) is 44.9. The predicted molar refractivity (Wildman–Crippen MR) is 329 cm³/mol. The molecule has 0 saturated heterocycles. The van der Waals surface area contributed by atoms with Crippen LogP contribution in [0.15, 0.2) is 156 Å². The van der Waals surface area contributed by atoms with Gasteiger partial charge in [0.2, 0.25) is 0 Å². The van der Waals surface area contributed by atoms with Gasteiger partial charge in [-0.05, 0) is 49.8 Å². The van der Waals surface area contributed by atoms with E-state index in [1.807, 2.05) is 6.92 Å². The average Bonchev–Trinajstić information content (AvgIpc) is 4.41. The van der Waals surface area contributed by atoms with Crippen molar-refractivity contribution in [1.82, 2.24) is 0 Å². The predicted octanol–water partition coefficient (Wildman–Crippen LogP) is 18.8. The number of unbranched alkanes of at least 4 members (excludes halogenated alkanes) is 2. The molecular weight excluding hydrogens is 1200 g/mol. The van der Waals surface area contributed by atoms with E-state index in [-0.39, 0.29) is 11.6 Å². The molecule has 2 unspecified atom stereocenters. The van der Waals surface area contributed by atoms with Gasteiger partial charge in [-0.2, -0.15) is 0 Å². The van der Waals surface area contributed by atoms with Gasteiger partial charge in [0.05, 0.1) is 0 Å². The second-order valence-electron chi connectivity index (χ2n) is 20.1. The van der Waals surface area contributed by atoms with E-state index in [0.29, 0.717) is 34.1 Å². The van der Waals surface area contributed by atoms with Crippen LogP contribution in [0.25, 0.3) is 25.6 Å². The molecule has 0 radical (unpaired) electrons. The molecule has 0 bridgehead atoms. The number of ketones is 2. The van der Waals surface area contributed by atoms with Crippen LogP contribution in [0.2, 0.25) is 0 Å². The van der Waals surface area contributed by atoms with Gasteiger partial charge in [-0.15, -0.1) is 22.7 Å². The van der Waals surface area contributed by atoms with E-state index in [4.69, 9.17) is 0 Å². The van der Waals surface area contributed by atoms with Gasteiger partial charge in [0.15, 0.2) is 0 Å². The van der Waals surface area contributed by atoms with Gasteiger partial charge in [-0.3, -0.25) is 4.79 Å². The Labute approximate surface area is 479 Å². The molecule has 4 heterocycles. The first-order valence-electron chi connectivity index (χ1n) is 27.5. The summed E-state index contributed by atoms with van der Waals surface area (Å²) < 4.78 is 3.87. The van der Waals surface area contributed by atoms with Gasteiger partial charge < -0.3 is 0 Å². The molecule has 7 aromatic rings. The van der Waals surface area contributed by atoms with Crippen LogP contribution in [-0.2, 0) is 30.8 Å². The van der Waals surface area contributed by atoms with E-state index in [1.54, 1.807) is 63.3 Å². The molecule has 76 heavy (non-hydrogen) atoms. The van der Waals surface area contributed by atoms with Crippen molar-refractivity contribution in [3.05, 3.63) is 197 Å². The van der Waals surface area contributed by atoms with Gasteiger partial charge in [0.25, 0.3) is 0 Å². The monoisotopic (exact) mass is 1270 g/mol. The molecule has 0 spiro atoms. The molecule has 8 heteroatoms. The summed E-state index contributed by atoms with van der Waals surface area (Å²) in [5, 5.41) is 4.90. The van der Waals surface area contributed by atoms with Crippen molar-refractivity contribution in [3.63, 3.8) is 0 Å². The Morgan fingerprint density at radius 2 is 1.13 bits per heavy atom. The number of thiophene rings is 4. The van der Waals surface area contributed by atoms with E-state index in [0.717, 1.165) is 121 Å². The molecule has 4 aromatic heterocycles. The molecule has 0 amide bonds. The van der Waals surface area contributed by atoms with Gasteiger partial charge in [-0.25, -0.2) is 0 Å². The van der Waals surface area contributed by atoms with Crippen molar-refractivity contribution in [1.29, 1.82) is 0 Å². The summed E-state index contributed by atoms with van der Waals surface area (Å²) in [6, 6.07) is 41.6. The van der Waals surface area contributed by atoms with Crippen LogP contribution in [0.4, 0.5) is 0 Å². The Kier molecular flexibility index (Phi) is 19.3. The molecule has 2 atom stereocenters. The summed E-state index contributed by atoms with van der Waals surface area (Å²) >= 11 is 8.50. The summed E-state index contributed by atoms with van der Waals surface area (Å²) in [4.78, 5) is 39.6. The Balaban J connectivity index is 1.23. The van der Waals surface area contributed by atoms with Crippen LogP contribution >= 0.6 is 52.6 Å². The Bertz CT molecular complexity index is 3330. The van der Waals surface area contributed by atoms with Crippen LogP contribution in [0.3, 0.4) is 0 Å². The third kappa shape index (κ3) is 11.5. The average molecular weight is 1270 g/mol. The molecule has 1 fully saturated rings. The van der Waals surface area contributed by atoms with Crippen molar-refractivity contribution in [2.75, 3.05) is 0 Å². The van der Waals surface area contributed by atoms with E-state index in [1.165, 1.54) is 39.9 Å². The minimum atomic E-state index is -2.54. The normalized spacial score (nSPS) is 15.7. The number of carbonyl (C=O) groups excluding carboxylic acids is 2. The number of allylic oxidation sites excluding steroid dienone is 7. The number of rotatable bonds is 20. The summed E-state index contributed by atoms with van der Waals surface area (Å²) in [6.45, 7) is 13.3. The first kappa shape index (κ1) is 55.9. The minimum absolute atomic E-state index is 0.0218. The Morgan fingerprint density at radius 3 is 1.62 bits per heavy atom. The summed E-state index contributed by atoms with van der Waals surface area (Å²) in [5.74, 6) is 8.55. The van der Waals surface area contributed by atoms with Gasteiger partial charge in [-0.1, -0.05) is 85.1 Å². The zero-order chi connectivity index (χ0) is 53.2. The van der Waals surface area contributed by atoms with Crippen LogP contribution in [0, 0.1) is 28.0 Å². The van der Waals surface area contributed by atoms with Gasteiger partial charge >= 0.3 is 301 Å². The van der Waals surface area contributed by atoms with E-state index < -0.39 is 7.26 Å². The Morgan fingerprint density at radius 1 is 0.618 bits per heavy atom. The van der Waals surface area contributed by atoms with Crippen molar-refractivity contribution in [2.24, 2.45) is 11.8 Å². The standard InChI is InChI=1S/C68H69O2PS4.Os/c1-8-14-27-47(11-4)43-59-61-62(60(74-59)44-48(12-5)28-15-9-2)66(70)64-63(65(61)69)67(57-41-39-55(72-57)26-10-3)75-68(64)58-42-40-56(73-58)38-37-50(45-51-30-25-29-49(51)13-6)46(7)71(52-31-19-16-20-32-52,53-33-21-17-22-34-53)54-35-23-18-24-36-54;/h10,13,16-24,26,31-36,39-42,45,47-48H,8-9,11-12,14-15,25,27-30,43-44H2,1-6H3;/q+1;/b26-10+,49-13?,50-46?,51-45?;. The molecule has 389 valence electrons. The van der Waals surface area contributed by atoms with Crippen molar-refractivity contribution >= 4 is 86.2 Å². The number of carbonyl (C=O) groups is 2. The van der Waals surface area contributed by atoms with Crippen LogP contribution in [-0.4, -0.2) is 11.6 Å². The van der Waals surface area contributed by atoms with Crippen LogP contribution < -0.4 is 15.9 Å². The number of benzene rings is 3. The topological polar surface area (TPSA) is 34.1 Å². The fourth-order valence-electron chi connectivity index (χ4n) is 11.3. The molecule has 3 aromatic carbocycles. The maximum absolute atomic E-state index is 15.8. The number of fused-ring (bicyclic) bond motifs is 2. The second-order valence-corrected chi connectivity index (χ2v) is 28.5. The first-order chi connectivity index (χ1) is 37.2. The Hall–Kier alpha value is -4.83. The SMILES string of the molecule is CC=C1CCCC1=CC(C#Cc1ccc(-c2sc(-c3ccc(/C=C/C)s3)c3c2C(=O)c2c(CC(CC)CCCC)sc(CC(CC)CCCC)c2C3=O)s1)=C([C]#[Os])[P+](c1ccccc1)(c1ccccc1)c1ccccc1. The quantitative estimate of drug-likeness (QED) is 0.0563. The number of hydrogen-bond acceptors (Lipinski definition) is 6. The van der Waals surface area contributed by atoms with E-state index >= 15 is 9.59 Å². The molecule has 0 N–H and O–H groups in total. The molecule has 1 saturated carbocycles. The van der Waals surface area contributed by atoms with Gasteiger partial charge in [0, 0.05) is 20.2 Å².